The van der Waals surface area contributed by atoms with Gasteiger partial charge in [0.25, 0.3) is 0 Å². The van der Waals surface area contributed by atoms with Gasteiger partial charge in [-0.15, -0.1) is 5.06 Å². The molecule has 0 atom stereocenters. The van der Waals surface area contributed by atoms with Crippen molar-refractivity contribution in [3.05, 3.63) is 28.3 Å². The minimum Gasteiger partial charge on any atom is -0.496 e. The van der Waals surface area contributed by atoms with Crippen molar-refractivity contribution in [3.8, 4) is 11.8 Å². The summed E-state index contributed by atoms with van der Waals surface area (Å²) in [5, 5.41) is 10.6. The molecule has 0 unspecified atom stereocenters. The van der Waals surface area contributed by atoms with Crippen LogP contribution in [0.3, 0.4) is 0 Å². The van der Waals surface area contributed by atoms with Crippen molar-refractivity contribution in [3.63, 3.8) is 0 Å². The highest BCUT2D eigenvalue weighted by atomic mass is 35.5. The van der Waals surface area contributed by atoms with Gasteiger partial charge in [-0.2, -0.15) is 5.26 Å². The average Bonchev–Trinajstić information content (AvgIpc) is 3.12. The lowest BCUT2D eigenvalue weighted by Gasteiger charge is -2.09. The van der Waals surface area contributed by atoms with Crippen LogP contribution in [0, 0.1) is 11.3 Å². The molecule has 5 nitrogen and oxygen atoms in total. The lowest BCUT2D eigenvalue weighted by Crippen LogP contribution is -2.11. The van der Waals surface area contributed by atoms with E-state index in [2.05, 4.69) is 0 Å². The minimum absolute atomic E-state index is 0.195. The van der Waals surface area contributed by atoms with Crippen LogP contribution >= 0.6 is 11.6 Å². The number of ether oxygens (including phenoxy) is 1. The molecule has 0 saturated carbocycles. The largest absolute Gasteiger partial charge is 0.496 e. The van der Waals surface area contributed by atoms with Gasteiger partial charge in [0.15, 0.2) is 0 Å². The highest BCUT2D eigenvalue weighted by molar-refractivity contribution is 6.32. The first kappa shape index (κ1) is 11.7. The van der Waals surface area contributed by atoms with E-state index < -0.39 is 5.97 Å². The van der Waals surface area contributed by atoms with E-state index in [1.54, 1.807) is 0 Å². The van der Waals surface area contributed by atoms with E-state index in [9.17, 15) is 4.79 Å². The maximum absolute atomic E-state index is 11.8. The van der Waals surface area contributed by atoms with Gasteiger partial charge in [0.1, 0.15) is 17.4 Å². The van der Waals surface area contributed by atoms with Crippen LogP contribution in [0.25, 0.3) is 0 Å². The third kappa shape index (κ3) is 2.49. The Morgan fingerprint density at radius 1 is 1.53 bits per heavy atom. The zero-order chi connectivity index (χ0) is 12.4. The Labute approximate surface area is 103 Å². The van der Waals surface area contributed by atoms with Gasteiger partial charge in [0.05, 0.1) is 30.8 Å². The molecule has 1 saturated heterocycles. The van der Waals surface area contributed by atoms with E-state index in [0.29, 0.717) is 5.75 Å². The highest BCUT2D eigenvalue weighted by Crippen LogP contribution is 2.28. The smallest absolute Gasteiger partial charge is 0.360 e. The summed E-state index contributed by atoms with van der Waals surface area (Å²) in [6.07, 6.45) is 0. The van der Waals surface area contributed by atoms with Crippen LogP contribution in [0.5, 0.6) is 5.75 Å². The number of carbonyl (C=O) groups excluding carboxylic acids is 1. The van der Waals surface area contributed by atoms with Crippen molar-refractivity contribution in [2.45, 2.75) is 0 Å². The highest BCUT2D eigenvalue weighted by Gasteiger charge is 2.26. The summed E-state index contributed by atoms with van der Waals surface area (Å²) in [5.41, 5.74) is 0.408. The molecular weight excluding hydrogens is 244 g/mol. The first-order chi connectivity index (χ1) is 8.15. The van der Waals surface area contributed by atoms with Gasteiger partial charge in [0, 0.05) is 6.07 Å². The van der Waals surface area contributed by atoms with Crippen molar-refractivity contribution in [1.29, 1.82) is 5.26 Å². The fraction of sp³-hybridized carbons (Fsp3) is 0.273. The zero-order valence-corrected chi connectivity index (χ0v) is 9.82. The standard InChI is InChI=1S/C11H9ClN2O3/c1-16-10-5-9(12)7(6-13)4-8(10)11(15)17-14-2-3-14/h4-5H,2-3H2,1H3. The van der Waals surface area contributed by atoms with Crippen molar-refractivity contribution in [1.82, 2.24) is 5.06 Å². The molecule has 0 radical (unpaired) electrons. The molecular formula is C11H9ClN2O3. The molecule has 1 aromatic carbocycles. The topological polar surface area (TPSA) is 62.3 Å². The summed E-state index contributed by atoms with van der Waals surface area (Å²) in [7, 11) is 1.42. The summed E-state index contributed by atoms with van der Waals surface area (Å²) >= 11 is 5.84. The molecule has 6 heteroatoms. The van der Waals surface area contributed by atoms with E-state index in [-0.39, 0.29) is 16.1 Å². The Balaban J connectivity index is 2.36. The predicted molar refractivity (Wildman–Crippen MR) is 59.7 cm³/mol. The van der Waals surface area contributed by atoms with E-state index in [1.165, 1.54) is 24.3 Å². The van der Waals surface area contributed by atoms with Gasteiger partial charge in [-0.25, -0.2) is 4.79 Å². The third-order valence-electron chi connectivity index (χ3n) is 2.25. The number of nitrogens with zero attached hydrogens (tertiary/aromatic N) is 2. The molecule has 0 aromatic heterocycles. The SMILES string of the molecule is COc1cc(Cl)c(C#N)cc1C(=O)ON1CC1. The van der Waals surface area contributed by atoms with Crippen LogP contribution < -0.4 is 4.74 Å². The van der Waals surface area contributed by atoms with Gasteiger partial charge in [-0.3, -0.25) is 0 Å². The van der Waals surface area contributed by atoms with Gasteiger partial charge in [-0.05, 0) is 6.07 Å². The molecule has 1 heterocycles. The number of hydrogen-bond acceptors (Lipinski definition) is 5. The fourth-order valence-corrected chi connectivity index (χ4v) is 1.46. The Morgan fingerprint density at radius 2 is 2.24 bits per heavy atom. The molecule has 88 valence electrons. The Hall–Kier alpha value is -1.77. The summed E-state index contributed by atoms with van der Waals surface area (Å²) in [6.45, 7) is 1.46. The molecule has 0 spiro atoms. The Bertz CT molecular complexity index is 506. The van der Waals surface area contributed by atoms with E-state index in [1.807, 2.05) is 6.07 Å². The van der Waals surface area contributed by atoms with Crippen molar-refractivity contribution >= 4 is 17.6 Å². The first-order valence-electron chi connectivity index (χ1n) is 4.90. The van der Waals surface area contributed by atoms with Crippen LogP contribution in [-0.4, -0.2) is 31.2 Å². The second-order valence-corrected chi connectivity index (χ2v) is 3.86. The van der Waals surface area contributed by atoms with Crippen molar-refractivity contribution in [2.24, 2.45) is 0 Å². The summed E-state index contributed by atoms with van der Waals surface area (Å²) in [6, 6.07) is 4.70. The van der Waals surface area contributed by atoms with Crippen molar-refractivity contribution < 1.29 is 14.4 Å². The Morgan fingerprint density at radius 3 is 2.76 bits per heavy atom. The molecule has 0 aliphatic carbocycles. The summed E-state index contributed by atoms with van der Waals surface area (Å²) in [4.78, 5) is 16.7. The second kappa shape index (κ2) is 4.62. The molecule has 0 bridgehead atoms. The van der Waals surface area contributed by atoms with Crippen LogP contribution in [0.1, 0.15) is 15.9 Å². The molecule has 17 heavy (non-hydrogen) atoms. The lowest BCUT2D eigenvalue weighted by atomic mass is 10.1. The zero-order valence-electron chi connectivity index (χ0n) is 9.07. The predicted octanol–water partition coefficient (Wildman–Crippen LogP) is 1.61. The number of benzene rings is 1. The van der Waals surface area contributed by atoms with Crippen LogP contribution in [0.2, 0.25) is 5.02 Å². The minimum atomic E-state index is -0.549. The maximum Gasteiger partial charge on any atom is 0.360 e. The van der Waals surface area contributed by atoms with Crippen molar-refractivity contribution in [2.75, 3.05) is 20.2 Å². The van der Waals surface area contributed by atoms with Crippen LogP contribution in [0.4, 0.5) is 0 Å². The molecule has 0 N–H and O–H groups in total. The molecule has 0 amide bonds. The summed E-state index contributed by atoms with van der Waals surface area (Å²) in [5.74, 6) is -0.256. The van der Waals surface area contributed by atoms with E-state index in [0.717, 1.165) is 13.1 Å². The normalized spacial score (nSPS) is 13.9. The molecule has 1 aliphatic heterocycles. The Kier molecular flexibility index (Phi) is 3.18. The number of methoxy groups -OCH3 is 1. The second-order valence-electron chi connectivity index (χ2n) is 3.45. The number of hydrogen-bond donors (Lipinski definition) is 0. The van der Waals surface area contributed by atoms with E-state index in [4.69, 9.17) is 26.4 Å². The van der Waals surface area contributed by atoms with Gasteiger partial charge < -0.3 is 9.57 Å². The number of nitriles is 1. The van der Waals surface area contributed by atoms with Gasteiger partial charge in [-0.1, -0.05) is 11.6 Å². The molecule has 2 rings (SSSR count). The molecule has 1 aliphatic rings. The fourth-order valence-electron chi connectivity index (χ4n) is 1.27. The average molecular weight is 253 g/mol. The number of halogens is 1. The van der Waals surface area contributed by atoms with Crippen LogP contribution in [0.15, 0.2) is 12.1 Å². The third-order valence-corrected chi connectivity index (χ3v) is 2.56. The molecule has 1 aromatic rings. The summed E-state index contributed by atoms with van der Waals surface area (Å²) < 4.78 is 5.04. The first-order valence-corrected chi connectivity index (χ1v) is 5.28. The number of hydroxylamine groups is 2. The molecule has 1 fully saturated rings. The monoisotopic (exact) mass is 252 g/mol. The van der Waals surface area contributed by atoms with Gasteiger partial charge >= 0.3 is 5.97 Å². The number of rotatable bonds is 3. The van der Waals surface area contributed by atoms with Gasteiger partial charge in [0.2, 0.25) is 0 Å². The lowest BCUT2D eigenvalue weighted by molar-refractivity contribution is -0.0285. The number of carbonyl (C=O) groups is 1. The van der Waals surface area contributed by atoms with Crippen LogP contribution in [-0.2, 0) is 4.84 Å². The maximum atomic E-state index is 11.8. The quantitative estimate of drug-likeness (QED) is 0.765. The van der Waals surface area contributed by atoms with E-state index >= 15 is 0 Å².